The molecular weight excluding hydrogens is 264 g/mol. The molecule has 0 saturated heterocycles. The second kappa shape index (κ2) is 3.43. The molecule has 10 heavy (non-hydrogen) atoms. The van der Waals surface area contributed by atoms with Crippen LogP contribution >= 0.6 is 31.9 Å². The molecule has 0 spiro atoms. The maximum Gasteiger partial charge on any atom is 0.189 e. The average Bonchev–Trinajstić information content (AvgIpc) is 2.34. The van der Waals surface area contributed by atoms with Gasteiger partial charge in [0.2, 0.25) is 0 Å². The molecule has 1 rings (SSSR count). The minimum absolute atomic E-state index is 0.154. The van der Waals surface area contributed by atoms with E-state index in [0.29, 0.717) is 5.82 Å². The molecule has 1 aromatic heterocycles. The van der Waals surface area contributed by atoms with Crippen molar-refractivity contribution in [3.8, 4) is 0 Å². The Morgan fingerprint density at radius 2 is 2.40 bits per heavy atom. The molecule has 0 aliphatic heterocycles. The van der Waals surface area contributed by atoms with Crippen molar-refractivity contribution in [2.45, 2.75) is 4.83 Å². The fourth-order valence-electron chi connectivity index (χ4n) is 0.493. The Labute approximate surface area is 75.2 Å². The van der Waals surface area contributed by atoms with Gasteiger partial charge in [-0.3, -0.25) is 0 Å². The summed E-state index contributed by atoms with van der Waals surface area (Å²) < 4.78 is 0. The van der Waals surface area contributed by atoms with E-state index in [2.05, 4.69) is 47.3 Å². The molecular formula is C4H6Br2N4. The van der Waals surface area contributed by atoms with Crippen LogP contribution in [0.25, 0.3) is 0 Å². The number of nitrogens with zero attached hydrogens (tertiary/aromatic N) is 4. The molecule has 56 valence electrons. The molecule has 0 aromatic carbocycles. The van der Waals surface area contributed by atoms with Crippen molar-refractivity contribution in [2.24, 2.45) is 7.05 Å². The van der Waals surface area contributed by atoms with Crippen LogP contribution in [0, 0.1) is 0 Å². The topological polar surface area (TPSA) is 43.6 Å². The lowest BCUT2D eigenvalue weighted by atomic mass is 10.5. The van der Waals surface area contributed by atoms with Gasteiger partial charge in [-0.2, -0.15) is 4.80 Å². The average molecular weight is 270 g/mol. The maximum atomic E-state index is 4.00. The number of hydrogen-bond acceptors (Lipinski definition) is 3. The molecule has 0 unspecified atom stereocenters. The summed E-state index contributed by atoms with van der Waals surface area (Å²) in [5, 5.41) is 12.3. The summed E-state index contributed by atoms with van der Waals surface area (Å²) in [4.78, 5) is 1.59. The summed E-state index contributed by atoms with van der Waals surface area (Å²) in [6, 6.07) is 0. The Kier molecular flexibility index (Phi) is 2.79. The van der Waals surface area contributed by atoms with E-state index in [1.165, 1.54) is 4.80 Å². The van der Waals surface area contributed by atoms with Gasteiger partial charge in [-0.25, -0.2) is 0 Å². The van der Waals surface area contributed by atoms with Crippen LogP contribution in [0.3, 0.4) is 0 Å². The summed E-state index contributed by atoms with van der Waals surface area (Å²) >= 11 is 6.67. The van der Waals surface area contributed by atoms with E-state index < -0.39 is 0 Å². The smallest absolute Gasteiger partial charge is 0.167 e. The summed E-state index contributed by atoms with van der Waals surface area (Å²) in [5.74, 6) is 0.708. The molecule has 0 aliphatic rings. The number of hydrogen-bond donors (Lipinski definition) is 0. The molecule has 1 atom stereocenters. The van der Waals surface area contributed by atoms with Crippen LogP contribution in [0.1, 0.15) is 10.7 Å². The highest BCUT2D eigenvalue weighted by Crippen LogP contribution is 2.19. The molecule has 6 heteroatoms. The molecule has 0 bridgehead atoms. The monoisotopic (exact) mass is 268 g/mol. The van der Waals surface area contributed by atoms with Gasteiger partial charge < -0.3 is 0 Å². The zero-order valence-corrected chi connectivity index (χ0v) is 8.50. The Balaban J connectivity index is 2.74. The van der Waals surface area contributed by atoms with Crippen molar-refractivity contribution >= 4 is 31.9 Å². The third kappa shape index (κ3) is 1.76. The van der Waals surface area contributed by atoms with Gasteiger partial charge in [-0.15, -0.1) is 10.2 Å². The van der Waals surface area contributed by atoms with E-state index in [4.69, 9.17) is 0 Å². The van der Waals surface area contributed by atoms with Crippen LogP contribution < -0.4 is 0 Å². The summed E-state index contributed by atoms with van der Waals surface area (Å²) in [7, 11) is 1.74. The Morgan fingerprint density at radius 3 is 2.80 bits per heavy atom. The highest BCUT2D eigenvalue weighted by molar-refractivity contribution is 9.12. The summed E-state index contributed by atoms with van der Waals surface area (Å²) in [6.45, 7) is 0. The highest BCUT2D eigenvalue weighted by atomic mass is 79.9. The number of alkyl halides is 2. The SMILES string of the molecule is Cn1nnc([C@@H](Br)CBr)n1. The number of aryl methyl sites for hydroxylation is 1. The van der Waals surface area contributed by atoms with Crippen molar-refractivity contribution in [1.82, 2.24) is 20.2 Å². The normalized spacial score (nSPS) is 13.5. The number of tetrazole rings is 1. The summed E-state index contributed by atoms with van der Waals surface area (Å²) in [6.07, 6.45) is 0. The second-order valence-electron chi connectivity index (χ2n) is 1.76. The summed E-state index contributed by atoms with van der Waals surface area (Å²) in [5.41, 5.74) is 0. The molecule has 1 heterocycles. The molecule has 1 aromatic rings. The van der Waals surface area contributed by atoms with Crippen LogP contribution in [0.5, 0.6) is 0 Å². The number of aromatic nitrogens is 4. The second-order valence-corrected chi connectivity index (χ2v) is 3.51. The fourth-order valence-corrected chi connectivity index (χ4v) is 0.966. The molecule has 4 nitrogen and oxygen atoms in total. The van der Waals surface area contributed by atoms with Gasteiger partial charge in [0.1, 0.15) is 0 Å². The molecule has 0 fully saturated rings. The van der Waals surface area contributed by atoms with E-state index in [1.807, 2.05) is 0 Å². The van der Waals surface area contributed by atoms with Crippen LogP contribution in [0.2, 0.25) is 0 Å². The Bertz CT molecular complexity index is 211. The molecule has 0 saturated carbocycles. The van der Waals surface area contributed by atoms with E-state index in [-0.39, 0.29) is 4.83 Å². The molecule has 0 N–H and O–H groups in total. The third-order valence-electron chi connectivity index (χ3n) is 0.939. The lowest BCUT2D eigenvalue weighted by molar-refractivity contribution is 0.628. The zero-order valence-electron chi connectivity index (χ0n) is 5.33. The largest absolute Gasteiger partial charge is 0.189 e. The first-order valence-electron chi connectivity index (χ1n) is 2.68. The number of rotatable bonds is 2. The molecule has 0 radical (unpaired) electrons. The maximum absolute atomic E-state index is 4.00. The van der Waals surface area contributed by atoms with E-state index in [1.54, 1.807) is 7.05 Å². The molecule has 0 aliphatic carbocycles. The van der Waals surface area contributed by atoms with Crippen LogP contribution in [0.15, 0.2) is 0 Å². The van der Waals surface area contributed by atoms with Crippen LogP contribution in [-0.4, -0.2) is 25.5 Å². The first-order chi connectivity index (χ1) is 4.74. The lowest BCUT2D eigenvalue weighted by Crippen LogP contribution is -1.96. The molecule has 0 amide bonds. The highest BCUT2D eigenvalue weighted by Gasteiger charge is 2.10. The first-order valence-corrected chi connectivity index (χ1v) is 4.71. The Morgan fingerprint density at radius 1 is 1.70 bits per heavy atom. The van der Waals surface area contributed by atoms with Gasteiger partial charge in [-0.1, -0.05) is 31.9 Å². The van der Waals surface area contributed by atoms with Crippen molar-refractivity contribution < 1.29 is 0 Å². The zero-order chi connectivity index (χ0) is 7.56. The fraction of sp³-hybridized carbons (Fsp3) is 0.750. The lowest BCUT2D eigenvalue weighted by Gasteiger charge is -1.94. The van der Waals surface area contributed by atoms with Crippen molar-refractivity contribution in [3.05, 3.63) is 5.82 Å². The quantitative estimate of drug-likeness (QED) is 0.754. The van der Waals surface area contributed by atoms with Gasteiger partial charge in [0, 0.05) is 5.33 Å². The van der Waals surface area contributed by atoms with Crippen LogP contribution in [0.4, 0.5) is 0 Å². The van der Waals surface area contributed by atoms with Crippen molar-refractivity contribution in [2.75, 3.05) is 5.33 Å². The standard InChI is InChI=1S/C4H6Br2N4/c1-10-8-4(7-9-10)3(6)2-5/h3H,2H2,1H3/t3-/m0/s1. The van der Waals surface area contributed by atoms with Gasteiger partial charge in [0.05, 0.1) is 11.9 Å². The van der Waals surface area contributed by atoms with E-state index in [0.717, 1.165) is 5.33 Å². The van der Waals surface area contributed by atoms with Gasteiger partial charge in [0.25, 0.3) is 0 Å². The Hall–Kier alpha value is 0.0300. The van der Waals surface area contributed by atoms with Crippen LogP contribution in [-0.2, 0) is 7.05 Å². The minimum Gasteiger partial charge on any atom is -0.167 e. The van der Waals surface area contributed by atoms with Crippen molar-refractivity contribution in [3.63, 3.8) is 0 Å². The first kappa shape index (κ1) is 8.13. The third-order valence-corrected chi connectivity index (χ3v) is 3.19. The number of halogens is 2. The predicted molar refractivity (Wildman–Crippen MR) is 44.3 cm³/mol. The van der Waals surface area contributed by atoms with E-state index in [9.17, 15) is 0 Å². The van der Waals surface area contributed by atoms with Crippen molar-refractivity contribution in [1.29, 1.82) is 0 Å². The predicted octanol–water partition coefficient (Wildman–Crippen LogP) is 1.04. The van der Waals surface area contributed by atoms with Gasteiger partial charge in [-0.05, 0) is 5.21 Å². The minimum atomic E-state index is 0.154. The van der Waals surface area contributed by atoms with E-state index >= 15 is 0 Å². The van der Waals surface area contributed by atoms with Gasteiger partial charge in [0.15, 0.2) is 5.82 Å². The van der Waals surface area contributed by atoms with Gasteiger partial charge >= 0.3 is 0 Å².